The van der Waals surface area contributed by atoms with Crippen LogP contribution in [0.4, 0.5) is 0 Å². The van der Waals surface area contributed by atoms with Crippen LogP contribution >= 0.6 is 0 Å². The molecule has 12 heavy (non-hydrogen) atoms. The van der Waals surface area contributed by atoms with Crippen LogP contribution in [0.1, 0.15) is 51.4 Å². The van der Waals surface area contributed by atoms with Crippen LogP contribution in [0, 0.1) is 5.92 Å². The number of nitrogens with one attached hydrogen (secondary N) is 1. The van der Waals surface area contributed by atoms with E-state index in [0.29, 0.717) is 0 Å². The summed E-state index contributed by atoms with van der Waals surface area (Å²) in [6.45, 7) is 1.29. The van der Waals surface area contributed by atoms with Gasteiger partial charge in [0.1, 0.15) is 0 Å². The van der Waals surface area contributed by atoms with Gasteiger partial charge in [-0.2, -0.15) is 0 Å². The van der Waals surface area contributed by atoms with E-state index in [0.717, 1.165) is 12.0 Å². The van der Waals surface area contributed by atoms with Gasteiger partial charge in [0.15, 0.2) is 0 Å². The first-order valence-corrected chi connectivity index (χ1v) is 5.70. The van der Waals surface area contributed by atoms with Crippen molar-refractivity contribution in [1.82, 2.24) is 5.32 Å². The average Bonchev–Trinajstić information content (AvgIpc) is 2.50. The maximum absolute atomic E-state index is 3.65. The highest BCUT2D eigenvalue weighted by molar-refractivity contribution is 4.84. The molecule has 0 aromatic heterocycles. The van der Waals surface area contributed by atoms with Crippen molar-refractivity contribution in [3.8, 4) is 0 Å². The maximum atomic E-state index is 3.65. The molecule has 0 aromatic rings. The zero-order valence-electron chi connectivity index (χ0n) is 8.02. The summed E-state index contributed by atoms with van der Waals surface area (Å²) in [5.41, 5.74) is 0. The average molecular weight is 167 g/mol. The molecular formula is C11H21N. The topological polar surface area (TPSA) is 12.0 Å². The molecule has 0 radical (unpaired) electrons. The Bertz CT molecular complexity index is 119. The summed E-state index contributed by atoms with van der Waals surface area (Å²) in [6.07, 6.45) is 11.8. The van der Waals surface area contributed by atoms with E-state index in [4.69, 9.17) is 0 Å². The maximum Gasteiger partial charge on any atom is 0.00958 e. The van der Waals surface area contributed by atoms with Crippen molar-refractivity contribution in [2.75, 3.05) is 6.54 Å². The van der Waals surface area contributed by atoms with Gasteiger partial charge < -0.3 is 5.32 Å². The Morgan fingerprint density at radius 1 is 0.750 bits per heavy atom. The van der Waals surface area contributed by atoms with Crippen LogP contribution in [-0.4, -0.2) is 12.6 Å². The quantitative estimate of drug-likeness (QED) is 0.585. The molecule has 1 N–H and O–H groups in total. The van der Waals surface area contributed by atoms with Crippen molar-refractivity contribution in [2.24, 2.45) is 5.92 Å². The smallest absolute Gasteiger partial charge is 0.00958 e. The third-order valence-electron chi connectivity index (χ3n) is 3.58. The standard InChI is InChI=1S/C11H21N/c1-2-4-6-10-8-9-12-11(10)7-5-3-1/h10-12H,1-9H2. The van der Waals surface area contributed by atoms with Crippen molar-refractivity contribution in [2.45, 2.75) is 57.4 Å². The molecule has 2 rings (SSSR count). The lowest BCUT2D eigenvalue weighted by molar-refractivity contribution is 0.393. The summed E-state index contributed by atoms with van der Waals surface area (Å²) in [6, 6.07) is 0.892. The van der Waals surface area contributed by atoms with E-state index in [1.165, 1.54) is 57.9 Å². The number of rotatable bonds is 0. The minimum atomic E-state index is 0.892. The second kappa shape index (κ2) is 4.27. The van der Waals surface area contributed by atoms with Crippen LogP contribution in [0.2, 0.25) is 0 Å². The van der Waals surface area contributed by atoms with Gasteiger partial charge in [-0.05, 0) is 31.7 Å². The molecule has 1 saturated heterocycles. The molecule has 1 aliphatic carbocycles. The van der Waals surface area contributed by atoms with Gasteiger partial charge >= 0.3 is 0 Å². The third-order valence-corrected chi connectivity index (χ3v) is 3.58. The second-order valence-electron chi connectivity index (χ2n) is 4.45. The van der Waals surface area contributed by atoms with E-state index >= 15 is 0 Å². The predicted molar refractivity (Wildman–Crippen MR) is 52.2 cm³/mol. The van der Waals surface area contributed by atoms with E-state index < -0.39 is 0 Å². The lowest BCUT2D eigenvalue weighted by atomic mass is 9.93. The zero-order valence-corrected chi connectivity index (χ0v) is 8.02. The molecule has 70 valence electrons. The molecule has 1 heteroatoms. The van der Waals surface area contributed by atoms with Crippen molar-refractivity contribution in [3.05, 3.63) is 0 Å². The number of hydrogen-bond donors (Lipinski definition) is 1. The molecule has 0 amide bonds. The Balaban J connectivity index is 1.87. The van der Waals surface area contributed by atoms with Crippen LogP contribution in [0.15, 0.2) is 0 Å². The number of fused-ring (bicyclic) bond motifs is 1. The third kappa shape index (κ3) is 2.01. The van der Waals surface area contributed by atoms with Crippen LogP contribution < -0.4 is 5.32 Å². The van der Waals surface area contributed by atoms with Gasteiger partial charge in [-0.25, -0.2) is 0 Å². The summed E-state index contributed by atoms with van der Waals surface area (Å²) in [5.74, 6) is 1.03. The summed E-state index contributed by atoms with van der Waals surface area (Å²) in [4.78, 5) is 0. The zero-order chi connectivity index (χ0) is 8.23. The largest absolute Gasteiger partial charge is 0.314 e. The highest BCUT2D eigenvalue weighted by atomic mass is 14.9. The van der Waals surface area contributed by atoms with Gasteiger partial charge in [0.25, 0.3) is 0 Å². The molecule has 1 aliphatic heterocycles. The summed E-state index contributed by atoms with van der Waals surface area (Å²) < 4.78 is 0. The number of hydrogen-bond acceptors (Lipinski definition) is 1. The molecule has 1 nitrogen and oxygen atoms in total. The van der Waals surface area contributed by atoms with Gasteiger partial charge in [0, 0.05) is 6.04 Å². The van der Waals surface area contributed by atoms with Gasteiger partial charge in [0.05, 0.1) is 0 Å². The first-order chi connectivity index (χ1) is 5.97. The molecule has 2 atom stereocenters. The molecule has 1 heterocycles. The molecule has 1 saturated carbocycles. The van der Waals surface area contributed by atoms with Crippen molar-refractivity contribution < 1.29 is 0 Å². The second-order valence-corrected chi connectivity index (χ2v) is 4.45. The van der Waals surface area contributed by atoms with Gasteiger partial charge in [-0.1, -0.05) is 32.1 Å². The van der Waals surface area contributed by atoms with E-state index in [2.05, 4.69) is 5.32 Å². The van der Waals surface area contributed by atoms with Crippen molar-refractivity contribution in [3.63, 3.8) is 0 Å². The normalized spacial score (nSPS) is 38.0. The first kappa shape index (κ1) is 8.55. The Morgan fingerprint density at radius 3 is 2.42 bits per heavy atom. The molecule has 0 aromatic carbocycles. The Hall–Kier alpha value is -0.0400. The van der Waals surface area contributed by atoms with Crippen molar-refractivity contribution in [1.29, 1.82) is 0 Å². The lowest BCUT2D eigenvalue weighted by Gasteiger charge is -2.17. The fourth-order valence-electron chi connectivity index (χ4n) is 2.81. The van der Waals surface area contributed by atoms with Gasteiger partial charge in [-0.3, -0.25) is 0 Å². The van der Waals surface area contributed by atoms with Crippen LogP contribution in [0.5, 0.6) is 0 Å². The molecule has 0 bridgehead atoms. The van der Waals surface area contributed by atoms with Gasteiger partial charge in [-0.15, -0.1) is 0 Å². The molecule has 2 aliphatic rings. The van der Waals surface area contributed by atoms with E-state index in [1.54, 1.807) is 0 Å². The van der Waals surface area contributed by atoms with Crippen LogP contribution in [0.25, 0.3) is 0 Å². The Morgan fingerprint density at radius 2 is 1.50 bits per heavy atom. The Kier molecular flexibility index (Phi) is 3.04. The van der Waals surface area contributed by atoms with E-state index in [-0.39, 0.29) is 0 Å². The predicted octanol–water partition coefficient (Wildman–Crippen LogP) is 2.71. The molecule has 2 fully saturated rings. The fourth-order valence-corrected chi connectivity index (χ4v) is 2.81. The first-order valence-electron chi connectivity index (χ1n) is 5.70. The summed E-state index contributed by atoms with van der Waals surface area (Å²) in [7, 11) is 0. The van der Waals surface area contributed by atoms with Gasteiger partial charge in [0.2, 0.25) is 0 Å². The highest BCUT2D eigenvalue weighted by Crippen LogP contribution is 2.27. The highest BCUT2D eigenvalue weighted by Gasteiger charge is 2.25. The van der Waals surface area contributed by atoms with Crippen molar-refractivity contribution >= 4 is 0 Å². The monoisotopic (exact) mass is 167 g/mol. The minimum absolute atomic E-state index is 0.892. The Labute approximate surface area is 75.9 Å². The van der Waals surface area contributed by atoms with E-state index in [9.17, 15) is 0 Å². The lowest BCUT2D eigenvalue weighted by Crippen LogP contribution is -2.26. The molecular weight excluding hydrogens is 146 g/mol. The SMILES string of the molecule is C1CCCC2CCNC2CCC1. The summed E-state index contributed by atoms with van der Waals surface area (Å²) in [5, 5.41) is 3.65. The van der Waals surface area contributed by atoms with E-state index in [1.807, 2.05) is 0 Å². The summed E-state index contributed by atoms with van der Waals surface area (Å²) >= 11 is 0. The van der Waals surface area contributed by atoms with Crippen LogP contribution in [-0.2, 0) is 0 Å². The molecule has 2 unspecified atom stereocenters. The molecule has 0 spiro atoms. The fraction of sp³-hybridized carbons (Fsp3) is 1.00. The van der Waals surface area contributed by atoms with Crippen LogP contribution in [0.3, 0.4) is 0 Å². The minimum Gasteiger partial charge on any atom is -0.314 e.